The zero-order valence-corrected chi connectivity index (χ0v) is 33.7. The van der Waals surface area contributed by atoms with Gasteiger partial charge in [-0.1, -0.05) is 66.0 Å². The van der Waals surface area contributed by atoms with Crippen LogP contribution in [0.1, 0.15) is 45.1 Å². The Labute approximate surface area is 327 Å². The van der Waals surface area contributed by atoms with E-state index in [1.165, 1.54) is 6.07 Å². The lowest BCUT2D eigenvalue weighted by atomic mass is 9.97. The first-order chi connectivity index (χ1) is 24.0. The van der Waals surface area contributed by atoms with Crippen molar-refractivity contribution < 1.29 is 50.7 Å². The molecule has 15 nitrogen and oxygen atoms in total. The Morgan fingerprint density at radius 3 is 1.91 bits per heavy atom. The number of benzene rings is 3. The Balaban J connectivity index is 0.00000392. The second kappa shape index (κ2) is 15.9. The number of alkyl halides is 5. The fourth-order valence-electron chi connectivity index (χ4n) is 5.09. The molecule has 0 saturated heterocycles. The van der Waals surface area contributed by atoms with E-state index >= 15 is 0 Å². The van der Waals surface area contributed by atoms with E-state index in [0.29, 0.717) is 21.7 Å². The van der Waals surface area contributed by atoms with Crippen molar-refractivity contribution in [2.75, 3.05) is 0 Å². The Bertz CT molecular complexity index is 2090. The zero-order valence-electron chi connectivity index (χ0n) is 28.1. The largest absolute Gasteiger partial charge is 0.806 e. The molecule has 5 rings (SSSR count). The molecule has 12 N–H and O–H groups in total. The maximum Gasteiger partial charge on any atom is 0.442 e. The Hall–Kier alpha value is -3.57. The number of nitrogens with one attached hydrogen (secondary N) is 2. The summed E-state index contributed by atoms with van der Waals surface area (Å²) in [6, 6.07) is 7.90. The summed E-state index contributed by atoms with van der Waals surface area (Å²) in [6.07, 6.45) is -5.54. The van der Waals surface area contributed by atoms with E-state index in [1.54, 1.807) is 25.1 Å². The number of nitrogens with two attached hydrogens (primary N) is 1. The van der Waals surface area contributed by atoms with Gasteiger partial charge in [-0.3, -0.25) is 14.4 Å². The molecule has 3 aromatic rings. The molecule has 24 heteroatoms. The first-order valence-electron chi connectivity index (χ1n) is 14.6. The highest BCUT2D eigenvalue weighted by atomic mass is 79.9. The third-order valence-corrected chi connectivity index (χ3v) is 10.5. The summed E-state index contributed by atoms with van der Waals surface area (Å²) in [6.45, 7) is 1.73. The van der Waals surface area contributed by atoms with Crippen LogP contribution in [0.4, 0.5) is 22.0 Å². The quantitative estimate of drug-likeness (QED) is 0.100. The topological polar surface area (TPSA) is 287 Å². The highest BCUT2D eigenvalue weighted by Crippen LogP contribution is 2.55. The van der Waals surface area contributed by atoms with E-state index in [4.69, 9.17) is 5.73 Å². The number of carbonyl (C=O) groups excluding carboxylic acids is 3. The van der Waals surface area contributed by atoms with E-state index in [0.717, 1.165) is 24.3 Å². The molecule has 0 unspecified atom stereocenters. The van der Waals surface area contributed by atoms with Crippen LogP contribution in [0.25, 0.3) is 0 Å². The molecule has 0 aliphatic carbocycles. The predicted molar refractivity (Wildman–Crippen MR) is 190 cm³/mol. The number of carbonyl (C=O) groups is 3. The Kier molecular flexibility index (Phi) is 13.2. The zero-order chi connectivity index (χ0) is 38.6. The van der Waals surface area contributed by atoms with Gasteiger partial charge >= 0.3 is 11.8 Å². The third kappa shape index (κ3) is 9.44. The Morgan fingerprint density at radius 2 is 1.39 bits per heavy atom. The van der Waals surface area contributed by atoms with Crippen LogP contribution in [-0.2, 0) is 44.0 Å². The molecule has 0 aromatic heterocycles. The monoisotopic (exact) mass is 975 g/mol. The van der Waals surface area contributed by atoms with Crippen molar-refractivity contribution in [1.29, 1.82) is 0 Å². The molecule has 2 aliphatic heterocycles. The minimum atomic E-state index is -6.40. The highest BCUT2D eigenvalue weighted by molar-refractivity contribution is 9.11. The van der Waals surface area contributed by atoms with Crippen LogP contribution in [0.15, 0.2) is 88.5 Å². The minimum absolute atomic E-state index is 0. The number of hydrogen-bond acceptors (Lipinski definition) is 10. The summed E-state index contributed by atoms with van der Waals surface area (Å²) >= 11 is 9.28. The number of quaternary nitrogens is 2. The summed E-state index contributed by atoms with van der Waals surface area (Å²) in [4.78, 5) is 62.2. The number of rotatable bonds is 13. The number of primary amides is 1. The standard InChI is InChI=1S/C30H24Br3F5N7O6P.2H3N/c1-27(42-43-27)16-4-14(5-18(31)11-16)8-23(41-25(47)15-9-17(12-19(32)10-15)28(44-45-28)30(36,37)38)26(48)40-22(24(39)46)7-13-2-3-20(21(33)6-13)29(34,35)52(49,50)51;;/h2-6,9-12,22-23H,7-8H2,1H3,(H2,39,46)(H,40,48)(H,41,47)(H2,49,50,51);2*1H3/t22-,23-;;/m0../s1. The van der Waals surface area contributed by atoms with Gasteiger partial charge in [0.25, 0.3) is 11.6 Å². The first kappa shape index (κ1) is 44.8. The summed E-state index contributed by atoms with van der Waals surface area (Å²) in [5, 5.41) is 19.2. The molecule has 3 aromatic carbocycles. The predicted octanol–water partition coefficient (Wildman–Crippen LogP) is 6.06. The molecule has 54 heavy (non-hydrogen) atoms. The van der Waals surface area contributed by atoms with Gasteiger partial charge in [0.15, 0.2) is 0 Å². The van der Waals surface area contributed by atoms with Crippen LogP contribution in [0.5, 0.6) is 0 Å². The molecule has 3 amide bonds. The molecule has 292 valence electrons. The van der Waals surface area contributed by atoms with Crippen molar-refractivity contribution in [3.05, 3.63) is 101 Å². The maximum atomic E-state index is 14.2. The molecule has 0 spiro atoms. The van der Waals surface area contributed by atoms with Crippen LogP contribution in [0.3, 0.4) is 0 Å². The molecule has 2 aliphatic rings. The van der Waals surface area contributed by atoms with Crippen LogP contribution in [0.2, 0.25) is 0 Å². The average molecular weight is 978 g/mol. The van der Waals surface area contributed by atoms with Gasteiger partial charge in [0.05, 0.1) is 0 Å². The van der Waals surface area contributed by atoms with Crippen LogP contribution in [-0.4, -0.2) is 36.0 Å². The molecule has 2 heterocycles. The molecule has 0 bridgehead atoms. The SMILES string of the molecule is CC1(c2cc(Br)cc(C[C@H](NC(=O)c3cc(Br)cc(C4(C(F)(F)F)N=N4)c3)C(=O)N[C@@H](Cc3ccc(C(F)(F)P(=O)([O-])[O-])c(Br)c3)C(N)=O)c2)N=N1.[NH4+].[NH4+]. The van der Waals surface area contributed by atoms with Crippen molar-refractivity contribution in [3.63, 3.8) is 0 Å². The van der Waals surface area contributed by atoms with Gasteiger partial charge in [0.1, 0.15) is 12.1 Å². The van der Waals surface area contributed by atoms with Gasteiger partial charge in [0.2, 0.25) is 17.5 Å². The summed E-state index contributed by atoms with van der Waals surface area (Å²) in [5.74, 6) is -3.05. The van der Waals surface area contributed by atoms with Crippen LogP contribution >= 0.6 is 55.4 Å². The van der Waals surface area contributed by atoms with Crippen molar-refractivity contribution in [2.24, 2.45) is 26.2 Å². The summed E-state index contributed by atoms with van der Waals surface area (Å²) in [7, 11) is -6.40. The minimum Gasteiger partial charge on any atom is -0.806 e. The van der Waals surface area contributed by atoms with Gasteiger partial charge < -0.3 is 43.0 Å². The molecular weight excluding hydrogens is 948 g/mol. The Morgan fingerprint density at radius 1 is 0.815 bits per heavy atom. The van der Waals surface area contributed by atoms with Crippen molar-refractivity contribution in [1.82, 2.24) is 22.9 Å². The highest BCUT2D eigenvalue weighted by Gasteiger charge is 2.65. The fraction of sp³-hybridized carbons (Fsp3) is 0.300. The smallest absolute Gasteiger partial charge is 0.442 e. The van der Waals surface area contributed by atoms with Crippen LogP contribution < -0.4 is 38.5 Å². The van der Waals surface area contributed by atoms with E-state index in [9.17, 15) is 50.7 Å². The second-order valence-corrected chi connectivity index (χ2v) is 16.2. The van der Waals surface area contributed by atoms with E-state index in [2.05, 4.69) is 78.9 Å². The molecule has 0 radical (unpaired) electrons. The average Bonchev–Trinajstić information content (AvgIpc) is 3.95. The lowest BCUT2D eigenvalue weighted by molar-refractivity contribution is -0.335. The normalized spacial score (nSPS) is 16.3. The van der Waals surface area contributed by atoms with E-state index in [-0.39, 0.29) is 34.3 Å². The molecule has 0 saturated carbocycles. The van der Waals surface area contributed by atoms with Gasteiger partial charge in [-0.2, -0.15) is 32.2 Å². The molecular formula is C30H30Br3F5N9O6P. The maximum absolute atomic E-state index is 14.2. The number of halogens is 8. The lowest BCUT2D eigenvalue weighted by Crippen LogP contribution is -2.54. The van der Waals surface area contributed by atoms with Crippen molar-refractivity contribution in [3.8, 4) is 0 Å². The first-order valence-corrected chi connectivity index (χ1v) is 18.5. The van der Waals surface area contributed by atoms with Crippen molar-refractivity contribution >= 4 is 73.1 Å². The summed E-state index contributed by atoms with van der Waals surface area (Å²) in [5.41, 5.74) is -3.62. The lowest BCUT2D eigenvalue weighted by Gasteiger charge is -2.38. The third-order valence-electron chi connectivity index (χ3n) is 8.03. The van der Waals surface area contributed by atoms with Gasteiger partial charge in [-0.05, 0) is 54.4 Å². The van der Waals surface area contributed by atoms with E-state index < -0.39 is 82.6 Å². The summed E-state index contributed by atoms with van der Waals surface area (Å²) < 4.78 is 81.0. The van der Waals surface area contributed by atoms with Gasteiger partial charge in [-0.25, -0.2) is 0 Å². The number of hydrogen-bond donors (Lipinski definition) is 5. The van der Waals surface area contributed by atoms with Crippen LogP contribution in [0, 0.1) is 0 Å². The van der Waals surface area contributed by atoms with E-state index in [1.807, 2.05) is 0 Å². The molecule has 2 atom stereocenters. The number of nitrogens with zero attached hydrogens (tertiary/aromatic N) is 4. The van der Waals surface area contributed by atoms with Gasteiger partial charge in [-0.15, -0.1) is 10.2 Å². The number of amides is 3. The van der Waals surface area contributed by atoms with Gasteiger partial charge in [0, 0.05) is 56.1 Å². The molecule has 0 fully saturated rings. The fourth-order valence-corrected chi connectivity index (χ4v) is 7.44. The second-order valence-electron chi connectivity index (χ2n) is 11.9. The van der Waals surface area contributed by atoms with Crippen molar-refractivity contribution in [2.45, 2.75) is 55.0 Å².